The zero-order chi connectivity index (χ0) is 18.1. The van der Waals surface area contributed by atoms with Gasteiger partial charge in [0.2, 0.25) is 5.88 Å². The van der Waals surface area contributed by atoms with Gasteiger partial charge in [0.15, 0.2) is 6.10 Å². The molecule has 0 saturated carbocycles. The number of carbonyl (C=O) groups excluding carboxylic acids is 1. The number of ether oxygens (including phenoxy) is 2. The van der Waals surface area contributed by atoms with Crippen LogP contribution in [-0.2, 0) is 11.2 Å². The summed E-state index contributed by atoms with van der Waals surface area (Å²) in [7, 11) is 0. The minimum absolute atomic E-state index is 0.216. The summed E-state index contributed by atoms with van der Waals surface area (Å²) < 4.78 is 24.9. The van der Waals surface area contributed by atoms with Crippen molar-refractivity contribution in [1.82, 2.24) is 10.2 Å². The average molecular weight is 353 g/mol. The van der Waals surface area contributed by atoms with E-state index in [1.165, 1.54) is 6.07 Å². The molecule has 2 heterocycles. The molecular formula is C19H16FN3O3. The molecule has 0 saturated heterocycles. The lowest BCUT2D eigenvalue weighted by molar-refractivity contribution is -0.122. The molecule has 6 nitrogen and oxygen atoms in total. The number of halogens is 1. The highest BCUT2D eigenvalue weighted by molar-refractivity contribution is 5.95. The van der Waals surface area contributed by atoms with Crippen molar-refractivity contribution >= 4 is 11.6 Å². The SMILES string of the molecule is Cc1cc(Oc2ccc(NC(=O)C3Cc4c(F)cccc4O3)cc2)n[nH]1. The fourth-order valence-electron chi connectivity index (χ4n) is 2.77. The van der Waals surface area contributed by atoms with Crippen LogP contribution in [0.5, 0.6) is 17.4 Å². The number of hydrogen-bond donors (Lipinski definition) is 2. The third-order valence-corrected chi connectivity index (χ3v) is 4.05. The van der Waals surface area contributed by atoms with Gasteiger partial charge in [-0.15, -0.1) is 5.10 Å². The molecular weight excluding hydrogens is 337 g/mol. The summed E-state index contributed by atoms with van der Waals surface area (Å²) in [6.45, 7) is 1.88. The number of nitrogens with one attached hydrogen (secondary N) is 2. The Balaban J connectivity index is 1.38. The number of carbonyl (C=O) groups is 1. The number of aromatic amines is 1. The van der Waals surface area contributed by atoms with E-state index in [0.29, 0.717) is 28.6 Å². The van der Waals surface area contributed by atoms with Crippen molar-refractivity contribution in [2.45, 2.75) is 19.4 Å². The molecule has 4 rings (SSSR count). The maximum Gasteiger partial charge on any atom is 0.265 e. The van der Waals surface area contributed by atoms with Gasteiger partial charge < -0.3 is 14.8 Å². The number of fused-ring (bicyclic) bond motifs is 1. The zero-order valence-corrected chi connectivity index (χ0v) is 14.0. The van der Waals surface area contributed by atoms with Gasteiger partial charge in [0, 0.05) is 29.4 Å². The van der Waals surface area contributed by atoms with E-state index in [0.717, 1.165) is 5.69 Å². The molecule has 1 aromatic heterocycles. The van der Waals surface area contributed by atoms with Crippen molar-refractivity contribution in [1.29, 1.82) is 0 Å². The minimum Gasteiger partial charge on any atom is -0.480 e. The number of aryl methyl sites for hydroxylation is 1. The second-order valence-electron chi connectivity index (χ2n) is 6.03. The molecule has 7 heteroatoms. The first-order chi connectivity index (χ1) is 12.6. The molecule has 0 spiro atoms. The van der Waals surface area contributed by atoms with Crippen molar-refractivity contribution in [2.75, 3.05) is 5.32 Å². The van der Waals surface area contributed by atoms with Gasteiger partial charge >= 0.3 is 0 Å². The van der Waals surface area contributed by atoms with Gasteiger partial charge in [-0.25, -0.2) is 4.39 Å². The largest absolute Gasteiger partial charge is 0.480 e. The van der Waals surface area contributed by atoms with E-state index in [-0.39, 0.29) is 18.1 Å². The molecule has 3 aromatic rings. The topological polar surface area (TPSA) is 76.2 Å². The summed E-state index contributed by atoms with van der Waals surface area (Å²) in [5.41, 5.74) is 1.93. The zero-order valence-electron chi connectivity index (χ0n) is 14.0. The normalized spacial score (nSPS) is 15.2. The van der Waals surface area contributed by atoms with Gasteiger partial charge in [0.1, 0.15) is 17.3 Å². The van der Waals surface area contributed by atoms with Crippen LogP contribution in [-0.4, -0.2) is 22.2 Å². The molecule has 0 bridgehead atoms. The van der Waals surface area contributed by atoms with Gasteiger partial charge in [-0.3, -0.25) is 9.89 Å². The van der Waals surface area contributed by atoms with Crippen molar-refractivity contribution in [3.05, 3.63) is 65.6 Å². The minimum atomic E-state index is -0.746. The molecule has 1 amide bonds. The summed E-state index contributed by atoms with van der Waals surface area (Å²) >= 11 is 0. The summed E-state index contributed by atoms with van der Waals surface area (Å²) in [4.78, 5) is 12.4. The maximum atomic E-state index is 13.7. The molecule has 1 aliphatic heterocycles. The number of benzene rings is 2. The molecule has 132 valence electrons. The number of H-pyrrole nitrogens is 1. The fraction of sp³-hybridized carbons (Fsp3) is 0.158. The van der Waals surface area contributed by atoms with Crippen LogP contribution >= 0.6 is 0 Å². The van der Waals surface area contributed by atoms with E-state index in [4.69, 9.17) is 9.47 Å². The average Bonchev–Trinajstić information content (AvgIpc) is 3.24. The number of aromatic nitrogens is 2. The molecule has 0 fully saturated rings. The van der Waals surface area contributed by atoms with E-state index in [2.05, 4.69) is 15.5 Å². The van der Waals surface area contributed by atoms with Crippen LogP contribution in [0, 0.1) is 12.7 Å². The third-order valence-electron chi connectivity index (χ3n) is 4.05. The smallest absolute Gasteiger partial charge is 0.265 e. The molecule has 26 heavy (non-hydrogen) atoms. The van der Waals surface area contributed by atoms with Gasteiger partial charge in [-0.2, -0.15) is 0 Å². The van der Waals surface area contributed by atoms with Crippen molar-refractivity contribution < 1.29 is 18.7 Å². The Morgan fingerprint density at radius 3 is 2.81 bits per heavy atom. The van der Waals surface area contributed by atoms with Crippen molar-refractivity contribution in [3.8, 4) is 17.4 Å². The molecule has 1 atom stereocenters. The lowest BCUT2D eigenvalue weighted by atomic mass is 10.1. The Labute approximate surface area is 149 Å². The number of nitrogens with zero attached hydrogens (tertiary/aromatic N) is 1. The van der Waals surface area contributed by atoms with E-state index in [1.54, 1.807) is 42.5 Å². The molecule has 1 unspecified atom stereocenters. The molecule has 1 aliphatic rings. The lowest BCUT2D eigenvalue weighted by Gasteiger charge is -2.11. The predicted octanol–water partition coefficient (Wildman–Crippen LogP) is 3.59. The van der Waals surface area contributed by atoms with E-state index in [1.807, 2.05) is 6.92 Å². The van der Waals surface area contributed by atoms with Crippen LogP contribution in [0.2, 0.25) is 0 Å². The number of amides is 1. The first kappa shape index (κ1) is 16.1. The van der Waals surface area contributed by atoms with E-state index >= 15 is 0 Å². The van der Waals surface area contributed by atoms with Crippen molar-refractivity contribution in [3.63, 3.8) is 0 Å². The molecule has 0 aliphatic carbocycles. The lowest BCUT2D eigenvalue weighted by Crippen LogP contribution is -2.31. The Hall–Kier alpha value is -3.35. The summed E-state index contributed by atoms with van der Waals surface area (Å²) in [5.74, 6) is 0.813. The fourth-order valence-corrected chi connectivity index (χ4v) is 2.77. The van der Waals surface area contributed by atoms with Gasteiger partial charge in [-0.05, 0) is 43.3 Å². The van der Waals surface area contributed by atoms with Crippen LogP contribution < -0.4 is 14.8 Å². The number of hydrogen-bond acceptors (Lipinski definition) is 4. The van der Waals surface area contributed by atoms with Crippen LogP contribution in [0.25, 0.3) is 0 Å². The second-order valence-corrected chi connectivity index (χ2v) is 6.03. The van der Waals surface area contributed by atoms with E-state index < -0.39 is 6.10 Å². The van der Waals surface area contributed by atoms with Crippen LogP contribution in [0.1, 0.15) is 11.3 Å². The van der Waals surface area contributed by atoms with Crippen LogP contribution in [0.3, 0.4) is 0 Å². The Kier molecular flexibility index (Phi) is 4.04. The van der Waals surface area contributed by atoms with Crippen LogP contribution in [0.15, 0.2) is 48.5 Å². The van der Waals surface area contributed by atoms with Crippen molar-refractivity contribution in [2.24, 2.45) is 0 Å². The molecule has 0 radical (unpaired) electrons. The predicted molar refractivity (Wildman–Crippen MR) is 93.0 cm³/mol. The highest BCUT2D eigenvalue weighted by Gasteiger charge is 2.31. The number of anilines is 1. The van der Waals surface area contributed by atoms with Gasteiger partial charge in [-0.1, -0.05) is 6.07 Å². The summed E-state index contributed by atoms with van der Waals surface area (Å²) in [6, 6.07) is 13.3. The highest BCUT2D eigenvalue weighted by atomic mass is 19.1. The monoisotopic (exact) mass is 353 g/mol. The van der Waals surface area contributed by atoms with E-state index in [9.17, 15) is 9.18 Å². The number of rotatable bonds is 4. The Morgan fingerprint density at radius 1 is 1.31 bits per heavy atom. The summed E-state index contributed by atoms with van der Waals surface area (Å²) in [6.07, 6.45) is -0.530. The maximum absolute atomic E-state index is 13.7. The van der Waals surface area contributed by atoms with Gasteiger partial charge in [0.25, 0.3) is 5.91 Å². The summed E-state index contributed by atoms with van der Waals surface area (Å²) in [5, 5.41) is 9.56. The molecule has 2 aromatic carbocycles. The van der Waals surface area contributed by atoms with Gasteiger partial charge in [0.05, 0.1) is 0 Å². The highest BCUT2D eigenvalue weighted by Crippen LogP contribution is 2.31. The first-order valence-corrected chi connectivity index (χ1v) is 8.13. The standard InChI is InChI=1S/C19H16FN3O3/c1-11-9-18(23-22-11)25-13-7-5-12(6-8-13)21-19(24)17-10-14-15(20)3-2-4-16(14)26-17/h2-9,17H,10H2,1H3,(H,21,24)(H,22,23). The second kappa shape index (κ2) is 6.51. The third kappa shape index (κ3) is 3.23. The quantitative estimate of drug-likeness (QED) is 0.751. The molecule has 2 N–H and O–H groups in total. The Morgan fingerprint density at radius 2 is 2.12 bits per heavy atom. The van der Waals surface area contributed by atoms with Crippen LogP contribution in [0.4, 0.5) is 10.1 Å². The Bertz CT molecular complexity index is 953. The first-order valence-electron chi connectivity index (χ1n) is 8.13.